The van der Waals surface area contributed by atoms with Gasteiger partial charge in [0.05, 0.1) is 0 Å². The highest BCUT2D eigenvalue weighted by Crippen LogP contribution is 1.97. The third-order valence-corrected chi connectivity index (χ3v) is 4.06. The summed E-state index contributed by atoms with van der Waals surface area (Å²) in [5, 5.41) is 0. The van der Waals surface area contributed by atoms with E-state index in [1.807, 2.05) is 7.05 Å². The van der Waals surface area contributed by atoms with Crippen molar-refractivity contribution in [3.63, 3.8) is 0 Å². The summed E-state index contributed by atoms with van der Waals surface area (Å²) in [6, 6.07) is 0. The van der Waals surface area contributed by atoms with Gasteiger partial charge in [-0.2, -0.15) is 0 Å². The quantitative estimate of drug-likeness (QED) is 0.248. The molecule has 0 saturated heterocycles. The van der Waals surface area contributed by atoms with Crippen LogP contribution < -0.4 is 12.9 Å². The molecule has 0 saturated carbocycles. The van der Waals surface area contributed by atoms with Gasteiger partial charge in [0.1, 0.15) is 0 Å². The number of nitrogens with one attached hydrogen (secondary N) is 3. The van der Waals surface area contributed by atoms with Crippen molar-refractivity contribution >= 4 is 33.5 Å². The molecule has 0 bridgehead atoms. The molecule has 0 aromatic carbocycles. The Morgan fingerprint density at radius 3 is 2.33 bits per heavy atom. The summed E-state index contributed by atoms with van der Waals surface area (Å²) in [6.07, 6.45) is 3.10. The summed E-state index contributed by atoms with van der Waals surface area (Å²) in [7, 11) is 2.03. The predicted molar refractivity (Wildman–Crippen MR) is 69.3 cm³/mol. The average molecular weight is 272 g/mol. The molecule has 7 nitrogen and oxygen atoms in total. The normalized spacial score (nSPS) is 9.72. The monoisotopic (exact) mass is 272 g/mol. The van der Waals surface area contributed by atoms with Gasteiger partial charge in [0.25, 0.3) is 0 Å². The first kappa shape index (κ1) is 16.9. The molecule has 0 aromatic heterocycles. The van der Waals surface area contributed by atoms with Crippen LogP contribution in [0.2, 0.25) is 0 Å². The smallest absolute Gasteiger partial charge is 0.412 e. The molecule has 0 aromatic rings. The van der Waals surface area contributed by atoms with Crippen LogP contribution in [0.25, 0.3) is 0 Å². The van der Waals surface area contributed by atoms with Crippen LogP contribution in [0.3, 0.4) is 0 Å². The Balaban J connectivity index is 3.73. The first-order chi connectivity index (χ1) is 8.63. The van der Waals surface area contributed by atoms with Gasteiger partial charge >= 0.3 is 14.8 Å². The summed E-state index contributed by atoms with van der Waals surface area (Å²) in [4.78, 5) is 34.2. The second-order valence-electron chi connectivity index (χ2n) is 3.92. The van der Waals surface area contributed by atoms with Crippen molar-refractivity contribution < 1.29 is 14.4 Å². The lowest BCUT2D eigenvalue weighted by Crippen LogP contribution is -2.59. The van der Waals surface area contributed by atoms with Crippen LogP contribution in [-0.4, -0.2) is 58.6 Å². The Kier molecular flexibility index (Phi) is 10.3. The maximum absolute atomic E-state index is 11.5. The van der Waals surface area contributed by atoms with Gasteiger partial charge in [-0.05, 0) is 33.0 Å². The maximum Gasteiger partial charge on any atom is 0.740 e. The molecule has 3 amide bonds. The van der Waals surface area contributed by atoms with Gasteiger partial charge in [-0.25, -0.2) is 0 Å². The zero-order valence-corrected chi connectivity index (χ0v) is 12.1. The largest absolute Gasteiger partial charge is 0.740 e. The lowest BCUT2D eigenvalue weighted by molar-refractivity contribution is -0.119. The van der Waals surface area contributed by atoms with Gasteiger partial charge in [-0.15, -0.1) is 0 Å². The molecule has 0 atom stereocenters. The Morgan fingerprint density at radius 2 is 1.83 bits per heavy atom. The Morgan fingerprint density at radius 1 is 1.22 bits per heavy atom. The van der Waals surface area contributed by atoms with Crippen LogP contribution in [0.1, 0.15) is 26.2 Å². The fraction of sp³-hybridized carbons (Fsp3) is 0.700. The van der Waals surface area contributed by atoms with Gasteiger partial charge in [0, 0.05) is 6.42 Å². The molecule has 0 radical (unpaired) electrons. The molecule has 102 valence electrons. The van der Waals surface area contributed by atoms with E-state index in [1.54, 1.807) is 0 Å². The van der Waals surface area contributed by atoms with Crippen LogP contribution in [0, 0.1) is 0 Å². The molecule has 0 fully saturated rings. The standard InChI is InChI=1S/C8H18N2O.2CH3NO.Al/c1-3-10(2)7-5-4-6-8(9)11;2*2-1-3;/h3-7H2,1-2H3,(H2,9,11);2*1H,(H2,2,3);/q;;;+3/p-3. The van der Waals surface area contributed by atoms with E-state index in [-0.39, 0.29) is 5.91 Å². The van der Waals surface area contributed by atoms with Crippen LogP contribution >= 0.6 is 0 Å². The zero-order chi connectivity index (χ0) is 13.8. The Bertz CT molecular complexity index is 256. The summed E-state index contributed by atoms with van der Waals surface area (Å²) < 4.78 is 7.44. The molecule has 0 rings (SSSR count). The number of unbranched alkanes of at least 4 members (excludes halogenated alkanes) is 1. The fourth-order valence-electron chi connectivity index (χ4n) is 1.33. The van der Waals surface area contributed by atoms with Gasteiger partial charge in [-0.3, -0.25) is 14.4 Å². The maximum atomic E-state index is 11.5. The van der Waals surface area contributed by atoms with Crippen molar-refractivity contribution in [2.75, 3.05) is 20.1 Å². The molecule has 0 aliphatic carbocycles. The first-order valence-corrected chi connectivity index (χ1v) is 7.74. The van der Waals surface area contributed by atoms with E-state index in [0.717, 1.165) is 25.9 Å². The number of hydrogen-bond donors (Lipinski definition) is 3. The Hall–Kier alpha value is -1.10. The highest BCUT2D eigenvalue weighted by Gasteiger charge is 2.24. The van der Waals surface area contributed by atoms with E-state index in [0.29, 0.717) is 19.2 Å². The van der Waals surface area contributed by atoms with E-state index >= 15 is 0 Å². The first-order valence-electron chi connectivity index (χ1n) is 6.01. The van der Waals surface area contributed by atoms with Crippen molar-refractivity contribution in [3.05, 3.63) is 0 Å². The van der Waals surface area contributed by atoms with Crippen LogP contribution in [0.5, 0.6) is 0 Å². The second-order valence-corrected chi connectivity index (χ2v) is 5.74. The van der Waals surface area contributed by atoms with E-state index in [4.69, 9.17) is 0 Å². The number of nitrogens with zero attached hydrogens (tertiary/aromatic N) is 1. The van der Waals surface area contributed by atoms with Crippen molar-refractivity contribution in [3.8, 4) is 0 Å². The van der Waals surface area contributed by atoms with Crippen LogP contribution in [0.4, 0.5) is 0 Å². The molecule has 8 heteroatoms. The summed E-state index contributed by atoms with van der Waals surface area (Å²) >= 11 is -2.22. The molecule has 3 N–H and O–H groups in total. The van der Waals surface area contributed by atoms with Crippen molar-refractivity contribution in [1.82, 2.24) is 17.8 Å². The minimum atomic E-state index is -2.22. The van der Waals surface area contributed by atoms with Crippen LogP contribution in [0.15, 0.2) is 0 Å². The molecular weight excluding hydrogens is 251 g/mol. The van der Waals surface area contributed by atoms with Crippen molar-refractivity contribution in [2.24, 2.45) is 0 Å². The predicted octanol–water partition coefficient (Wildman–Crippen LogP) is -1.30. The number of carbonyl (C=O) groups is 3. The lowest BCUT2D eigenvalue weighted by Gasteiger charge is -2.13. The third kappa shape index (κ3) is 8.99. The van der Waals surface area contributed by atoms with E-state index in [9.17, 15) is 14.4 Å². The number of carbonyl (C=O) groups excluding carboxylic acids is 3. The van der Waals surface area contributed by atoms with Crippen LogP contribution in [-0.2, 0) is 14.4 Å². The summed E-state index contributed by atoms with van der Waals surface area (Å²) in [5.41, 5.74) is 0. The van der Waals surface area contributed by atoms with Gasteiger partial charge in [-0.1, -0.05) is 6.92 Å². The SMILES string of the molecule is CCN(C)CCCCC(=O)[NH][Al]([NH]C=O)[NH]C=O. The molecule has 0 heterocycles. The molecule has 0 spiro atoms. The molecule has 0 unspecified atom stereocenters. The van der Waals surface area contributed by atoms with Crippen molar-refractivity contribution in [2.45, 2.75) is 26.2 Å². The third-order valence-electron chi connectivity index (χ3n) is 2.51. The summed E-state index contributed by atoms with van der Waals surface area (Å²) in [6.45, 7) is 4.04. The van der Waals surface area contributed by atoms with Gasteiger partial charge in [0.15, 0.2) is 18.7 Å². The van der Waals surface area contributed by atoms with Crippen molar-refractivity contribution in [1.29, 1.82) is 0 Å². The minimum Gasteiger partial charge on any atom is -0.412 e. The number of hydrogen-bond acceptors (Lipinski definition) is 4. The highest BCUT2D eigenvalue weighted by molar-refractivity contribution is 6.57. The number of rotatable bonds is 11. The average Bonchev–Trinajstić information content (AvgIpc) is 2.35. The van der Waals surface area contributed by atoms with E-state index < -0.39 is 14.8 Å². The molecular formula is C10H21AlN4O3. The lowest BCUT2D eigenvalue weighted by atomic mass is 10.2. The Labute approximate surface area is 112 Å². The zero-order valence-electron chi connectivity index (χ0n) is 10.9. The van der Waals surface area contributed by atoms with E-state index in [2.05, 4.69) is 24.7 Å². The van der Waals surface area contributed by atoms with Gasteiger partial charge in [0.2, 0.25) is 0 Å². The fourth-order valence-corrected chi connectivity index (χ4v) is 2.33. The number of amides is 3. The topological polar surface area (TPSA) is 90.5 Å². The highest BCUT2D eigenvalue weighted by atomic mass is 27.2. The van der Waals surface area contributed by atoms with Gasteiger partial charge < -0.3 is 17.8 Å². The second kappa shape index (κ2) is 11.0. The molecule has 0 aliphatic rings. The minimum absolute atomic E-state index is 0.144. The summed E-state index contributed by atoms with van der Waals surface area (Å²) in [5.74, 6) is -0.144. The van der Waals surface area contributed by atoms with E-state index in [1.165, 1.54) is 0 Å². The molecule has 18 heavy (non-hydrogen) atoms. The molecule has 0 aliphatic heterocycles.